The Morgan fingerprint density at radius 3 is 2.61 bits per heavy atom. The van der Waals surface area contributed by atoms with E-state index < -0.39 is 17.9 Å². The molecule has 6 heteroatoms. The van der Waals surface area contributed by atoms with Gasteiger partial charge in [0.05, 0.1) is 19.3 Å². The largest absolute Gasteiger partial charge is 0.481 e. The van der Waals surface area contributed by atoms with E-state index in [1.54, 1.807) is 0 Å². The second kappa shape index (κ2) is 6.58. The Morgan fingerprint density at radius 1 is 1.39 bits per heavy atom. The first kappa shape index (κ1) is 14.8. The number of ether oxygens (including phenoxy) is 1. The molecule has 104 valence electrons. The fraction of sp³-hybridized carbons (Fsp3) is 0.833. The van der Waals surface area contributed by atoms with Gasteiger partial charge in [0.1, 0.15) is 5.92 Å². The molecule has 0 aromatic carbocycles. The Morgan fingerprint density at radius 2 is 2.06 bits per heavy atom. The van der Waals surface area contributed by atoms with E-state index in [4.69, 9.17) is 9.84 Å². The van der Waals surface area contributed by atoms with E-state index in [0.29, 0.717) is 5.92 Å². The second-order valence-electron chi connectivity index (χ2n) is 4.88. The third kappa shape index (κ3) is 3.87. The lowest BCUT2D eigenvalue weighted by molar-refractivity contribution is -0.142. The molecule has 0 aromatic rings. The van der Waals surface area contributed by atoms with Crippen molar-refractivity contribution in [2.75, 3.05) is 13.2 Å². The van der Waals surface area contributed by atoms with Crippen molar-refractivity contribution in [3.8, 4) is 0 Å². The van der Waals surface area contributed by atoms with Crippen LogP contribution in [0, 0.1) is 11.8 Å². The minimum Gasteiger partial charge on any atom is -0.481 e. The zero-order chi connectivity index (χ0) is 13.7. The number of carbonyl (C=O) groups is 2. The summed E-state index contributed by atoms with van der Waals surface area (Å²) in [5, 5.41) is 14.4. The van der Waals surface area contributed by atoms with Gasteiger partial charge in [-0.1, -0.05) is 20.3 Å². The maximum absolute atomic E-state index is 11.7. The molecule has 4 unspecified atom stereocenters. The van der Waals surface area contributed by atoms with E-state index in [1.807, 2.05) is 6.92 Å². The highest BCUT2D eigenvalue weighted by molar-refractivity contribution is 5.77. The quantitative estimate of drug-likeness (QED) is 0.681. The van der Waals surface area contributed by atoms with Crippen molar-refractivity contribution in [2.45, 2.75) is 39.3 Å². The SMILES string of the molecule is CCC(C)C(C)NC(=O)NC1COCC1C(=O)O. The maximum Gasteiger partial charge on any atom is 0.315 e. The van der Waals surface area contributed by atoms with Crippen LogP contribution in [-0.4, -0.2) is 42.4 Å². The Hall–Kier alpha value is -1.30. The number of aliphatic carboxylic acids is 1. The molecule has 1 rings (SSSR count). The molecule has 1 heterocycles. The van der Waals surface area contributed by atoms with Crippen LogP contribution in [0.15, 0.2) is 0 Å². The number of hydrogen-bond donors (Lipinski definition) is 3. The first-order valence-electron chi connectivity index (χ1n) is 6.33. The van der Waals surface area contributed by atoms with Crippen LogP contribution in [0.1, 0.15) is 27.2 Å². The van der Waals surface area contributed by atoms with Gasteiger partial charge in [0.2, 0.25) is 0 Å². The average molecular weight is 258 g/mol. The van der Waals surface area contributed by atoms with Gasteiger partial charge in [-0.2, -0.15) is 0 Å². The Labute approximate surface area is 107 Å². The molecule has 0 bridgehead atoms. The third-order valence-corrected chi connectivity index (χ3v) is 3.57. The molecule has 0 aromatic heterocycles. The summed E-state index contributed by atoms with van der Waals surface area (Å²) in [5.41, 5.74) is 0. The summed E-state index contributed by atoms with van der Waals surface area (Å²) in [6, 6.07) is -0.725. The summed E-state index contributed by atoms with van der Waals surface area (Å²) in [5.74, 6) is -1.21. The Kier molecular flexibility index (Phi) is 5.40. The van der Waals surface area contributed by atoms with Gasteiger partial charge in [-0.15, -0.1) is 0 Å². The van der Waals surface area contributed by atoms with Crippen molar-refractivity contribution in [2.24, 2.45) is 11.8 Å². The molecule has 0 radical (unpaired) electrons. The molecule has 1 aliphatic rings. The van der Waals surface area contributed by atoms with Gasteiger partial charge in [0, 0.05) is 6.04 Å². The molecule has 1 aliphatic heterocycles. The van der Waals surface area contributed by atoms with Crippen molar-refractivity contribution in [1.82, 2.24) is 10.6 Å². The lowest BCUT2D eigenvalue weighted by Crippen LogP contribution is -2.50. The van der Waals surface area contributed by atoms with Gasteiger partial charge >= 0.3 is 12.0 Å². The highest BCUT2D eigenvalue weighted by atomic mass is 16.5. The van der Waals surface area contributed by atoms with E-state index in [1.165, 1.54) is 0 Å². The molecule has 6 nitrogen and oxygen atoms in total. The van der Waals surface area contributed by atoms with Gasteiger partial charge in [0.25, 0.3) is 0 Å². The van der Waals surface area contributed by atoms with Crippen LogP contribution < -0.4 is 10.6 Å². The molecule has 0 spiro atoms. The van der Waals surface area contributed by atoms with E-state index in [2.05, 4.69) is 24.5 Å². The summed E-state index contributed by atoms with van der Waals surface area (Å²) >= 11 is 0. The minimum absolute atomic E-state index is 0.0561. The number of carbonyl (C=O) groups excluding carboxylic acids is 1. The lowest BCUT2D eigenvalue weighted by atomic mass is 10.0. The number of rotatable bonds is 5. The maximum atomic E-state index is 11.7. The molecule has 3 N–H and O–H groups in total. The standard InChI is InChI=1S/C12H22N2O4/c1-4-7(2)8(3)13-12(17)14-10-6-18-5-9(10)11(15)16/h7-10H,4-6H2,1-3H3,(H,15,16)(H2,13,14,17). The number of nitrogens with one attached hydrogen (secondary N) is 2. The summed E-state index contributed by atoms with van der Waals surface area (Å²) in [6.07, 6.45) is 0.978. The minimum atomic E-state index is -0.937. The van der Waals surface area contributed by atoms with Crippen molar-refractivity contribution >= 4 is 12.0 Å². The van der Waals surface area contributed by atoms with Gasteiger partial charge in [0.15, 0.2) is 0 Å². The highest BCUT2D eigenvalue weighted by Gasteiger charge is 2.35. The highest BCUT2D eigenvalue weighted by Crippen LogP contribution is 2.14. The number of carboxylic acid groups (broad SMARTS) is 1. The predicted molar refractivity (Wildman–Crippen MR) is 66.3 cm³/mol. The average Bonchev–Trinajstić information content (AvgIpc) is 2.75. The second-order valence-corrected chi connectivity index (χ2v) is 4.88. The van der Waals surface area contributed by atoms with Crippen molar-refractivity contribution in [1.29, 1.82) is 0 Å². The predicted octanol–water partition coefficient (Wildman–Crippen LogP) is 0.820. The van der Waals surface area contributed by atoms with E-state index in [-0.39, 0.29) is 25.3 Å². The Balaban J connectivity index is 2.42. The number of urea groups is 1. The molecule has 4 atom stereocenters. The summed E-state index contributed by atoms with van der Waals surface area (Å²) in [4.78, 5) is 22.6. The molecular weight excluding hydrogens is 236 g/mol. The van der Waals surface area contributed by atoms with Gasteiger partial charge in [-0.25, -0.2) is 4.79 Å². The lowest BCUT2D eigenvalue weighted by Gasteiger charge is -2.22. The van der Waals surface area contributed by atoms with E-state index >= 15 is 0 Å². The molecular formula is C12H22N2O4. The zero-order valence-corrected chi connectivity index (χ0v) is 11.1. The monoisotopic (exact) mass is 258 g/mol. The van der Waals surface area contributed by atoms with Crippen molar-refractivity contribution in [3.05, 3.63) is 0 Å². The molecule has 0 saturated carbocycles. The van der Waals surface area contributed by atoms with Gasteiger partial charge in [-0.05, 0) is 12.8 Å². The Bertz CT molecular complexity index is 308. The van der Waals surface area contributed by atoms with Gasteiger partial charge in [-0.3, -0.25) is 4.79 Å². The van der Waals surface area contributed by atoms with Crippen LogP contribution in [0.5, 0.6) is 0 Å². The number of amides is 2. The van der Waals surface area contributed by atoms with Crippen LogP contribution in [0.4, 0.5) is 4.79 Å². The molecule has 18 heavy (non-hydrogen) atoms. The summed E-state index contributed by atoms with van der Waals surface area (Å²) < 4.78 is 5.08. The first-order chi connectivity index (χ1) is 8.45. The normalized spacial score (nSPS) is 26.4. The van der Waals surface area contributed by atoms with E-state index in [9.17, 15) is 9.59 Å². The number of hydrogen-bond acceptors (Lipinski definition) is 3. The van der Waals surface area contributed by atoms with Crippen LogP contribution >= 0.6 is 0 Å². The summed E-state index contributed by atoms with van der Waals surface area (Å²) in [6.45, 7) is 6.46. The summed E-state index contributed by atoms with van der Waals surface area (Å²) in [7, 11) is 0. The zero-order valence-electron chi connectivity index (χ0n) is 11.1. The molecule has 2 amide bonds. The topological polar surface area (TPSA) is 87.7 Å². The van der Waals surface area contributed by atoms with Crippen LogP contribution in [0.25, 0.3) is 0 Å². The molecule has 1 fully saturated rings. The van der Waals surface area contributed by atoms with Gasteiger partial charge < -0.3 is 20.5 Å². The van der Waals surface area contributed by atoms with Crippen LogP contribution in [0.3, 0.4) is 0 Å². The fourth-order valence-corrected chi connectivity index (χ4v) is 1.85. The third-order valence-electron chi connectivity index (χ3n) is 3.57. The van der Waals surface area contributed by atoms with Crippen molar-refractivity contribution < 1.29 is 19.4 Å². The van der Waals surface area contributed by atoms with Crippen LogP contribution in [0.2, 0.25) is 0 Å². The van der Waals surface area contributed by atoms with Crippen molar-refractivity contribution in [3.63, 3.8) is 0 Å². The smallest absolute Gasteiger partial charge is 0.315 e. The fourth-order valence-electron chi connectivity index (χ4n) is 1.85. The van der Waals surface area contributed by atoms with E-state index in [0.717, 1.165) is 6.42 Å². The molecule has 1 saturated heterocycles. The first-order valence-corrected chi connectivity index (χ1v) is 6.33. The number of carboxylic acids is 1. The van der Waals surface area contributed by atoms with Crippen LogP contribution in [-0.2, 0) is 9.53 Å². The molecule has 0 aliphatic carbocycles.